The normalized spacial score (nSPS) is 10.9. The highest BCUT2D eigenvalue weighted by Gasteiger charge is 2.14. The van der Waals surface area contributed by atoms with E-state index in [0.717, 1.165) is 11.8 Å². The zero-order valence-corrected chi connectivity index (χ0v) is 16.6. The van der Waals surface area contributed by atoms with Gasteiger partial charge in [-0.15, -0.1) is 10.2 Å². The molecular weight excluding hydrogens is 409 g/mol. The highest BCUT2D eigenvalue weighted by Crippen LogP contribution is 2.18. The highest BCUT2D eigenvalue weighted by molar-refractivity contribution is 7.99. The minimum Gasteiger partial charge on any atom is -0.497 e. The number of benzene rings is 2. The van der Waals surface area contributed by atoms with Crippen LogP contribution in [-0.4, -0.2) is 37.9 Å². The third-order valence-electron chi connectivity index (χ3n) is 4.27. The van der Waals surface area contributed by atoms with E-state index in [0.29, 0.717) is 16.6 Å². The molecule has 0 saturated heterocycles. The number of aromatic nitrogens is 4. The molecule has 8 nitrogen and oxygen atoms in total. The number of fused-ring (bicyclic) bond motifs is 1. The van der Waals surface area contributed by atoms with Crippen LogP contribution in [0.5, 0.6) is 5.75 Å². The second-order valence-corrected chi connectivity index (χ2v) is 7.11. The Balaban J connectivity index is 1.52. The van der Waals surface area contributed by atoms with Crippen molar-refractivity contribution in [2.45, 2.75) is 5.16 Å². The first-order chi connectivity index (χ1) is 14.6. The van der Waals surface area contributed by atoms with Crippen LogP contribution in [0.1, 0.15) is 0 Å². The Kier molecular flexibility index (Phi) is 5.48. The molecule has 2 aromatic heterocycles. The molecule has 0 spiro atoms. The van der Waals surface area contributed by atoms with Crippen LogP contribution in [0, 0.1) is 5.82 Å². The second kappa shape index (κ2) is 8.37. The largest absolute Gasteiger partial charge is 0.497 e. The molecule has 0 atom stereocenters. The number of nitrogens with one attached hydrogen (secondary N) is 1. The van der Waals surface area contributed by atoms with Crippen LogP contribution in [0.4, 0.5) is 10.1 Å². The molecule has 4 rings (SSSR count). The van der Waals surface area contributed by atoms with Crippen molar-refractivity contribution in [1.82, 2.24) is 19.2 Å². The van der Waals surface area contributed by atoms with Gasteiger partial charge in [0.1, 0.15) is 11.6 Å². The number of hydrogen-bond donors (Lipinski definition) is 1. The molecule has 0 aliphatic heterocycles. The van der Waals surface area contributed by atoms with E-state index >= 15 is 0 Å². The monoisotopic (exact) mass is 425 g/mol. The fourth-order valence-corrected chi connectivity index (χ4v) is 3.51. The first-order valence-electron chi connectivity index (χ1n) is 8.85. The van der Waals surface area contributed by atoms with Crippen LogP contribution in [0.15, 0.2) is 70.9 Å². The number of amides is 1. The van der Waals surface area contributed by atoms with E-state index in [-0.39, 0.29) is 22.6 Å². The van der Waals surface area contributed by atoms with Crippen LogP contribution in [0.2, 0.25) is 0 Å². The van der Waals surface area contributed by atoms with Crippen LogP contribution in [0.25, 0.3) is 11.3 Å². The molecule has 1 N–H and O–H groups in total. The lowest BCUT2D eigenvalue weighted by atomic mass is 10.3. The number of thioether (sulfide) groups is 1. The molecule has 0 fully saturated rings. The number of anilines is 1. The summed E-state index contributed by atoms with van der Waals surface area (Å²) in [6, 6.07) is 12.9. The smallest absolute Gasteiger partial charge is 0.300 e. The van der Waals surface area contributed by atoms with E-state index in [2.05, 4.69) is 15.5 Å². The van der Waals surface area contributed by atoms with Gasteiger partial charge >= 0.3 is 5.56 Å². The number of nitrogens with zero attached hydrogens (tertiary/aromatic N) is 4. The Labute approximate surface area is 174 Å². The Hall–Kier alpha value is -3.66. The number of hydrogen-bond acceptors (Lipinski definition) is 6. The van der Waals surface area contributed by atoms with Crippen LogP contribution >= 0.6 is 11.8 Å². The molecule has 0 saturated carbocycles. The number of para-hydroxylation sites is 1. The molecule has 0 unspecified atom stereocenters. The number of halogens is 1. The molecule has 10 heteroatoms. The van der Waals surface area contributed by atoms with Crippen molar-refractivity contribution < 1.29 is 13.9 Å². The zero-order chi connectivity index (χ0) is 21.1. The molecule has 4 aromatic rings. The van der Waals surface area contributed by atoms with Gasteiger partial charge in [0.2, 0.25) is 11.6 Å². The Morgan fingerprint density at radius 1 is 1.13 bits per heavy atom. The fraction of sp³-hybridized carbons (Fsp3) is 0.100. The summed E-state index contributed by atoms with van der Waals surface area (Å²) in [6.07, 6.45) is 3.25. The maximum atomic E-state index is 13.6. The minimum atomic E-state index is -0.511. The molecule has 30 heavy (non-hydrogen) atoms. The number of ether oxygens (including phenoxy) is 1. The summed E-state index contributed by atoms with van der Waals surface area (Å²) < 4.78 is 21.7. The number of rotatable bonds is 6. The van der Waals surface area contributed by atoms with Crippen LogP contribution in [0.3, 0.4) is 0 Å². The lowest BCUT2D eigenvalue weighted by Crippen LogP contribution is -2.20. The van der Waals surface area contributed by atoms with E-state index in [1.54, 1.807) is 55.9 Å². The van der Waals surface area contributed by atoms with Gasteiger partial charge in [-0.05, 0) is 36.4 Å². The van der Waals surface area contributed by atoms with Gasteiger partial charge in [-0.25, -0.2) is 4.39 Å². The lowest BCUT2D eigenvalue weighted by Gasteiger charge is -2.07. The molecule has 1 amide bonds. The standard InChI is InChI=1S/C20H16FN5O3S/c1-29-14-8-6-13(7-9-14)25-10-11-26-18(19(25)28)23-24-20(26)30-12-17(27)22-16-5-3-2-4-15(16)21/h2-11H,12H2,1H3,(H,22,27). The molecule has 0 aliphatic rings. The third kappa shape index (κ3) is 3.90. The summed E-state index contributed by atoms with van der Waals surface area (Å²) in [5.41, 5.74) is 0.546. The molecule has 2 heterocycles. The molecule has 0 bridgehead atoms. The summed E-state index contributed by atoms with van der Waals surface area (Å²) >= 11 is 1.10. The molecular formula is C20H16FN5O3S. The Morgan fingerprint density at radius 2 is 1.90 bits per heavy atom. The van der Waals surface area contributed by atoms with Gasteiger partial charge in [-0.3, -0.25) is 18.6 Å². The number of carbonyl (C=O) groups excluding carboxylic acids is 1. The molecule has 152 valence electrons. The van der Waals surface area contributed by atoms with E-state index in [9.17, 15) is 14.0 Å². The predicted octanol–water partition coefficient (Wildman–Crippen LogP) is 2.76. The maximum absolute atomic E-state index is 13.6. The van der Waals surface area contributed by atoms with Gasteiger partial charge in [-0.2, -0.15) is 0 Å². The van der Waals surface area contributed by atoms with Gasteiger partial charge in [-0.1, -0.05) is 23.9 Å². The van der Waals surface area contributed by atoms with Crippen molar-refractivity contribution in [3.8, 4) is 11.4 Å². The first-order valence-corrected chi connectivity index (χ1v) is 9.83. The minimum absolute atomic E-state index is 0.0172. The van der Waals surface area contributed by atoms with Gasteiger partial charge in [0.25, 0.3) is 0 Å². The third-order valence-corrected chi connectivity index (χ3v) is 5.21. The summed E-state index contributed by atoms with van der Waals surface area (Å²) in [5.74, 6) is -0.240. The summed E-state index contributed by atoms with van der Waals surface area (Å²) in [6.45, 7) is 0. The second-order valence-electron chi connectivity index (χ2n) is 6.16. The first kappa shape index (κ1) is 19.6. The van der Waals surface area contributed by atoms with Crippen LogP contribution in [-0.2, 0) is 4.79 Å². The summed E-state index contributed by atoms with van der Waals surface area (Å²) in [7, 11) is 1.57. The predicted molar refractivity (Wildman–Crippen MR) is 111 cm³/mol. The maximum Gasteiger partial charge on any atom is 0.300 e. The topological polar surface area (TPSA) is 90.5 Å². The summed E-state index contributed by atoms with van der Waals surface area (Å²) in [4.78, 5) is 24.9. The fourth-order valence-electron chi connectivity index (χ4n) is 2.79. The molecule has 0 radical (unpaired) electrons. The molecule has 2 aromatic carbocycles. The number of methoxy groups -OCH3 is 1. The van der Waals surface area contributed by atoms with E-state index in [1.807, 2.05) is 0 Å². The van der Waals surface area contributed by atoms with Crippen molar-refractivity contribution in [2.24, 2.45) is 0 Å². The van der Waals surface area contributed by atoms with Gasteiger partial charge in [0, 0.05) is 18.1 Å². The quantitative estimate of drug-likeness (QED) is 0.478. The van der Waals surface area contributed by atoms with Crippen molar-refractivity contribution in [1.29, 1.82) is 0 Å². The Morgan fingerprint density at radius 3 is 2.63 bits per heavy atom. The van der Waals surface area contributed by atoms with Crippen molar-refractivity contribution in [3.63, 3.8) is 0 Å². The van der Waals surface area contributed by atoms with Crippen LogP contribution < -0.4 is 15.6 Å². The van der Waals surface area contributed by atoms with E-state index in [1.165, 1.54) is 21.1 Å². The average molecular weight is 425 g/mol. The van der Waals surface area contributed by atoms with E-state index < -0.39 is 11.7 Å². The Bertz CT molecular complexity index is 1270. The van der Waals surface area contributed by atoms with Gasteiger partial charge in [0.05, 0.1) is 18.6 Å². The van der Waals surface area contributed by atoms with Gasteiger partial charge < -0.3 is 10.1 Å². The molecule has 0 aliphatic carbocycles. The van der Waals surface area contributed by atoms with Crippen molar-refractivity contribution >= 4 is 29.0 Å². The van der Waals surface area contributed by atoms with E-state index in [4.69, 9.17) is 4.74 Å². The zero-order valence-electron chi connectivity index (χ0n) is 15.8. The van der Waals surface area contributed by atoms with Crippen molar-refractivity contribution in [2.75, 3.05) is 18.2 Å². The van der Waals surface area contributed by atoms with Gasteiger partial charge in [0.15, 0.2) is 5.16 Å². The number of carbonyl (C=O) groups is 1. The summed E-state index contributed by atoms with van der Waals surface area (Å²) in [5, 5.41) is 10.8. The average Bonchev–Trinajstić information content (AvgIpc) is 3.18. The van der Waals surface area contributed by atoms with Crippen molar-refractivity contribution in [3.05, 3.63) is 77.1 Å². The lowest BCUT2D eigenvalue weighted by molar-refractivity contribution is -0.113. The highest BCUT2D eigenvalue weighted by atomic mass is 32.2. The SMILES string of the molecule is COc1ccc(-n2ccn3c(SCC(=O)Nc4ccccc4F)nnc3c2=O)cc1.